The van der Waals surface area contributed by atoms with E-state index in [9.17, 15) is 0 Å². The largest absolute Gasteiger partial charge is 1.00 e. The Balaban J connectivity index is -0.0000000450. The van der Waals surface area contributed by atoms with Crippen molar-refractivity contribution in [1.82, 2.24) is 0 Å². The fraction of sp³-hybridized carbons (Fsp3) is 1.00. The predicted molar refractivity (Wildman–Crippen MR) is 19.3 cm³/mol. The van der Waals surface area contributed by atoms with Crippen LogP contribution in [0.2, 0.25) is 0 Å². The van der Waals surface area contributed by atoms with Crippen LogP contribution in [0.5, 0.6) is 0 Å². The molecule has 0 saturated heterocycles. The molecule has 0 rings (SSSR count). The van der Waals surface area contributed by atoms with Crippen molar-refractivity contribution < 1.29 is 29.4 Å². The summed E-state index contributed by atoms with van der Waals surface area (Å²) in [6.45, 7) is 2.25. The van der Waals surface area contributed by atoms with E-state index in [0.29, 0.717) is 6.61 Å². The van der Waals surface area contributed by atoms with Gasteiger partial charge in [-0.25, -0.2) is 0 Å². The van der Waals surface area contributed by atoms with Crippen molar-refractivity contribution in [1.29, 1.82) is 0 Å². The maximum Gasteiger partial charge on any atom is 1.00 e. The van der Waals surface area contributed by atoms with E-state index in [1.54, 1.807) is 0 Å². The van der Waals surface area contributed by atoms with Crippen molar-refractivity contribution in [3.05, 3.63) is 0 Å². The van der Waals surface area contributed by atoms with Crippen LogP contribution < -0.4 is 18.9 Å². The first-order chi connectivity index (χ1) is 1.91. The Labute approximate surface area is 50.0 Å². The Morgan fingerprint density at radius 1 is 1.50 bits per heavy atom. The van der Waals surface area contributed by atoms with Crippen LogP contribution in [0, 0.1) is 0 Å². The standard InChI is InChI=1S/C3H8O.Li.H2O/c1-2-3-4;;/h4H,2-3H2,1H3;;1H2/q;+1;/p-1. The van der Waals surface area contributed by atoms with E-state index >= 15 is 0 Å². The molecule has 2 N–H and O–H groups in total. The van der Waals surface area contributed by atoms with Crippen LogP contribution in [0.4, 0.5) is 0 Å². The molecular formula is C3H9LiO2. The second-order valence-corrected chi connectivity index (χ2v) is 0.724. The first-order valence-corrected chi connectivity index (χ1v) is 1.52. The molecule has 2 nitrogen and oxygen atoms in total. The molecule has 34 valence electrons. The summed E-state index contributed by atoms with van der Waals surface area (Å²) in [5.74, 6) is 0. The summed E-state index contributed by atoms with van der Waals surface area (Å²) in [6.07, 6.45) is 0.875. The van der Waals surface area contributed by atoms with Crippen LogP contribution in [0.1, 0.15) is 13.3 Å². The van der Waals surface area contributed by atoms with Gasteiger partial charge in [-0.05, 0) is 6.42 Å². The van der Waals surface area contributed by atoms with Gasteiger partial charge in [0.15, 0.2) is 0 Å². The normalized spacial score (nSPS) is 5.00. The molecule has 0 bridgehead atoms. The van der Waals surface area contributed by atoms with Crippen LogP contribution in [0.15, 0.2) is 0 Å². The molecule has 0 aliphatic heterocycles. The van der Waals surface area contributed by atoms with Gasteiger partial charge in [0.2, 0.25) is 0 Å². The van der Waals surface area contributed by atoms with E-state index in [4.69, 9.17) is 5.11 Å². The molecule has 0 aromatic carbocycles. The Kier molecular flexibility index (Phi) is 47.5. The first-order valence-electron chi connectivity index (χ1n) is 1.52. The average molecular weight is 84.0 g/mol. The minimum absolute atomic E-state index is 0. The third-order valence-corrected chi connectivity index (χ3v) is 0.224. The summed E-state index contributed by atoms with van der Waals surface area (Å²) in [5, 5.41) is 7.88. The summed E-state index contributed by atoms with van der Waals surface area (Å²) >= 11 is 0. The van der Waals surface area contributed by atoms with Crippen LogP contribution >= 0.6 is 0 Å². The average Bonchev–Trinajstić information content (AvgIpc) is 1.37. The van der Waals surface area contributed by atoms with Gasteiger partial charge >= 0.3 is 18.9 Å². The monoisotopic (exact) mass is 84.1 g/mol. The van der Waals surface area contributed by atoms with Gasteiger partial charge < -0.3 is 10.6 Å². The molecule has 0 aromatic rings. The van der Waals surface area contributed by atoms with Crippen molar-refractivity contribution in [3.63, 3.8) is 0 Å². The zero-order valence-corrected chi connectivity index (χ0v) is 4.31. The molecule has 3 heteroatoms. The number of aliphatic hydroxyl groups excluding tert-OH is 1. The van der Waals surface area contributed by atoms with Gasteiger partial charge in [0.25, 0.3) is 0 Å². The quantitative estimate of drug-likeness (QED) is 0.349. The molecule has 0 atom stereocenters. The van der Waals surface area contributed by atoms with Gasteiger partial charge in [-0.3, -0.25) is 0 Å². The third kappa shape index (κ3) is 24.3. The predicted octanol–water partition coefficient (Wildman–Crippen LogP) is -2.78. The molecule has 0 radical (unpaired) electrons. The second kappa shape index (κ2) is 17.8. The Bertz CT molecular complexity index is 10.8. The second-order valence-electron chi connectivity index (χ2n) is 0.724. The van der Waals surface area contributed by atoms with Crippen LogP contribution in [0.25, 0.3) is 0 Å². The van der Waals surface area contributed by atoms with Crippen molar-refractivity contribution in [2.75, 3.05) is 6.61 Å². The van der Waals surface area contributed by atoms with Crippen LogP contribution in [0.3, 0.4) is 0 Å². The third-order valence-electron chi connectivity index (χ3n) is 0.224. The van der Waals surface area contributed by atoms with Gasteiger partial charge in [0.05, 0.1) is 0 Å². The van der Waals surface area contributed by atoms with Gasteiger partial charge in [-0.15, -0.1) is 0 Å². The first kappa shape index (κ1) is 16.0. The summed E-state index contributed by atoms with van der Waals surface area (Å²) in [5.41, 5.74) is 0. The van der Waals surface area contributed by atoms with Crippen molar-refractivity contribution in [2.45, 2.75) is 13.3 Å². The summed E-state index contributed by atoms with van der Waals surface area (Å²) in [6, 6.07) is 0. The van der Waals surface area contributed by atoms with E-state index in [0.717, 1.165) is 6.42 Å². The number of rotatable bonds is 1. The molecule has 0 aromatic heterocycles. The SMILES string of the molecule is CCCO.[Li+].[OH-]. The van der Waals surface area contributed by atoms with E-state index in [2.05, 4.69) is 0 Å². The minimum Gasteiger partial charge on any atom is -0.870 e. The molecule has 0 fully saturated rings. The minimum atomic E-state index is 0. The van der Waals surface area contributed by atoms with Crippen molar-refractivity contribution in [2.24, 2.45) is 0 Å². The zero-order chi connectivity index (χ0) is 3.41. The van der Waals surface area contributed by atoms with Gasteiger partial charge in [0, 0.05) is 6.61 Å². The number of hydrogen-bond donors (Lipinski definition) is 1. The molecule has 6 heavy (non-hydrogen) atoms. The maximum atomic E-state index is 7.88. The zero-order valence-electron chi connectivity index (χ0n) is 4.31. The van der Waals surface area contributed by atoms with Crippen molar-refractivity contribution >= 4 is 0 Å². The maximum absolute atomic E-state index is 7.88. The topological polar surface area (TPSA) is 50.2 Å². The molecule has 0 saturated carbocycles. The Morgan fingerprint density at radius 2 is 1.67 bits per heavy atom. The Morgan fingerprint density at radius 3 is 1.67 bits per heavy atom. The molecule has 0 aliphatic carbocycles. The van der Waals surface area contributed by atoms with E-state index in [1.165, 1.54) is 0 Å². The van der Waals surface area contributed by atoms with E-state index < -0.39 is 0 Å². The van der Waals surface area contributed by atoms with Gasteiger partial charge in [-0.1, -0.05) is 6.92 Å². The fourth-order valence-corrected chi connectivity index (χ4v) is 0. The molecule has 0 heterocycles. The van der Waals surface area contributed by atoms with E-state index in [-0.39, 0.29) is 24.3 Å². The molecule has 0 spiro atoms. The van der Waals surface area contributed by atoms with E-state index in [1.807, 2.05) is 6.92 Å². The summed E-state index contributed by atoms with van der Waals surface area (Å²) in [4.78, 5) is 0. The van der Waals surface area contributed by atoms with Crippen LogP contribution in [-0.2, 0) is 0 Å². The molecule has 0 aliphatic rings. The summed E-state index contributed by atoms with van der Waals surface area (Å²) in [7, 11) is 0. The molecule has 0 amide bonds. The van der Waals surface area contributed by atoms with Crippen LogP contribution in [-0.4, -0.2) is 17.2 Å². The van der Waals surface area contributed by atoms with Crippen molar-refractivity contribution in [3.8, 4) is 0 Å². The number of hydrogen-bond acceptors (Lipinski definition) is 2. The fourth-order valence-electron chi connectivity index (χ4n) is 0. The van der Waals surface area contributed by atoms with Gasteiger partial charge in [-0.2, -0.15) is 0 Å². The molecule has 0 unspecified atom stereocenters. The number of aliphatic hydroxyl groups is 1. The Hall–Kier alpha value is 0.517. The smallest absolute Gasteiger partial charge is 0.870 e. The van der Waals surface area contributed by atoms with Gasteiger partial charge in [0.1, 0.15) is 0 Å². The molecular weight excluding hydrogens is 75.0 g/mol. The summed E-state index contributed by atoms with van der Waals surface area (Å²) < 4.78 is 0.